The first-order valence-electron chi connectivity index (χ1n) is 5.57. The van der Waals surface area contributed by atoms with Gasteiger partial charge in [-0.15, -0.1) is 0 Å². The van der Waals surface area contributed by atoms with Crippen LogP contribution in [0.15, 0.2) is 18.2 Å². The molecule has 0 saturated heterocycles. The molecule has 0 bridgehead atoms. The zero-order valence-corrected chi connectivity index (χ0v) is 9.10. The van der Waals surface area contributed by atoms with Gasteiger partial charge in [-0.2, -0.15) is 0 Å². The Morgan fingerprint density at radius 3 is 2.93 bits per heavy atom. The van der Waals surface area contributed by atoms with Crippen molar-refractivity contribution in [2.75, 3.05) is 7.11 Å². The van der Waals surface area contributed by atoms with Gasteiger partial charge in [-0.1, -0.05) is 13.0 Å². The standard InChI is InChI=1S/C13H16O2/c1-7-12-10-6-9(15-2)4-3-8(10)5-11(12)13(7)14/h3-4,6-7,11-14H,5H2,1-2H3. The van der Waals surface area contributed by atoms with Crippen molar-refractivity contribution >= 4 is 0 Å². The lowest BCUT2D eigenvalue weighted by atomic mass is 9.63. The molecular formula is C13H16O2. The maximum atomic E-state index is 9.85. The Morgan fingerprint density at radius 2 is 2.20 bits per heavy atom. The molecule has 0 radical (unpaired) electrons. The Balaban J connectivity index is 2.01. The molecule has 15 heavy (non-hydrogen) atoms. The van der Waals surface area contributed by atoms with Crippen molar-refractivity contribution in [3.05, 3.63) is 29.3 Å². The van der Waals surface area contributed by atoms with Crippen LogP contribution in [0.1, 0.15) is 24.0 Å². The summed E-state index contributed by atoms with van der Waals surface area (Å²) in [6.07, 6.45) is 0.934. The number of hydrogen-bond acceptors (Lipinski definition) is 2. The highest BCUT2D eigenvalue weighted by molar-refractivity contribution is 5.45. The third-order valence-electron chi connectivity index (χ3n) is 4.17. The zero-order valence-electron chi connectivity index (χ0n) is 9.10. The van der Waals surface area contributed by atoms with Crippen LogP contribution in [0.5, 0.6) is 5.75 Å². The van der Waals surface area contributed by atoms with Crippen LogP contribution in [0.3, 0.4) is 0 Å². The first kappa shape index (κ1) is 9.22. The first-order valence-corrected chi connectivity index (χ1v) is 5.57. The van der Waals surface area contributed by atoms with E-state index in [1.165, 1.54) is 11.1 Å². The van der Waals surface area contributed by atoms with E-state index in [0.29, 0.717) is 17.8 Å². The highest BCUT2D eigenvalue weighted by Crippen LogP contribution is 2.55. The van der Waals surface area contributed by atoms with Crippen molar-refractivity contribution < 1.29 is 9.84 Å². The lowest BCUT2D eigenvalue weighted by Crippen LogP contribution is -2.45. The predicted octanol–water partition coefficient (Wildman–Crippen LogP) is 1.96. The van der Waals surface area contributed by atoms with E-state index in [-0.39, 0.29) is 6.10 Å². The molecule has 4 unspecified atom stereocenters. The third-order valence-corrected chi connectivity index (χ3v) is 4.17. The summed E-state index contributed by atoms with van der Waals surface area (Å²) in [5.74, 6) is 2.36. The second-order valence-electron chi connectivity index (χ2n) is 4.81. The molecule has 0 aliphatic heterocycles. The van der Waals surface area contributed by atoms with Gasteiger partial charge in [-0.05, 0) is 47.4 Å². The molecule has 4 atom stereocenters. The average molecular weight is 204 g/mol. The van der Waals surface area contributed by atoms with Crippen LogP contribution in [0.25, 0.3) is 0 Å². The van der Waals surface area contributed by atoms with E-state index in [4.69, 9.17) is 4.74 Å². The quantitative estimate of drug-likeness (QED) is 0.757. The van der Waals surface area contributed by atoms with E-state index in [9.17, 15) is 5.11 Å². The van der Waals surface area contributed by atoms with Crippen molar-refractivity contribution in [2.24, 2.45) is 11.8 Å². The normalized spacial score (nSPS) is 36.7. The fourth-order valence-electron chi connectivity index (χ4n) is 3.27. The lowest BCUT2D eigenvalue weighted by Gasteiger charge is -2.44. The second kappa shape index (κ2) is 2.99. The van der Waals surface area contributed by atoms with Crippen LogP contribution in [-0.4, -0.2) is 18.3 Å². The van der Waals surface area contributed by atoms with Gasteiger partial charge >= 0.3 is 0 Å². The molecule has 2 nitrogen and oxygen atoms in total. The minimum Gasteiger partial charge on any atom is -0.497 e. The highest BCUT2D eigenvalue weighted by Gasteiger charge is 2.51. The third kappa shape index (κ3) is 1.08. The van der Waals surface area contributed by atoms with Crippen LogP contribution in [0.4, 0.5) is 0 Å². The van der Waals surface area contributed by atoms with E-state index in [1.807, 2.05) is 6.07 Å². The first-order chi connectivity index (χ1) is 7.22. The highest BCUT2D eigenvalue weighted by atomic mass is 16.5. The minimum atomic E-state index is -0.103. The molecule has 2 heteroatoms. The summed E-state index contributed by atoms with van der Waals surface area (Å²) in [6, 6.07) is 6.30. The molecule has 0 aromatic heterocycles. The number of ether oxygens (including phenoxy) is 1. The average Bonchev–Trinajstić information content (AvgIpc) is 2.62. The number of benzene rings is 1. The van der Waals surface area contributed by atoms with Gasteiger partial charge in [-0.3, -0.25) is 0 Å². The number of aliphatic hydroxyl groups excluding tert-OH is 1. The van der Waals surface area contributed by atoms with Crippen molar-refractivity contribution in [1.82, 2.24) is 0 Å². The van der Waals surface area contributed by atoms with Gasteiger partial charge in [0.05, 0.1) is 13.2 Å². The number of hydrogen-bond donors (Lipinski definition) is 1. The molecule has 1 N–H and O–H groups in total. The minimum absolute atomic E-state index is 0.103. The molecule has 0 spiro atoms. The Hall–Kier alpha value is -1.02. The number of aliphatic hydroxyl groups is 1. The molecule has 0 amide bonds. The van der Waals surface area contributed by atoms with Gasteiger partial charge in [0.1, 0.15) is 5.75 Å². The number of rotatable bonds is 1. The van der Waals surface area contributed by atoms with Crippen LogP contribution in [0, 0.1) is 11.8 Å². The summed E-state index contributed by atoms with van der Waals surface area (Å²) in [4.78, 5) is 0. The maximum Gasteiger partial charge on any atom is 0.119 e. The molecular weight excluding hydrogens is 188 g/mol. The Morgan fingerprint density at radius 1 is 1.40 bits per heavy atom. The van der Waals surface area contributed by atoms with Crippen LogP contribution in [-0.2, 0) is 6.42 Å². The van der Waals surface area contributed by atoms with E-state index >= 15 is 0 Å². The smallest absolute Gasteiger partial charge is 0.119 e. The molecule has 2 aliphatic rings. The maximum absolute atomic E-state index is 9.85. The fraction of sp³-hybridized carbons (Fsp3) is 0.538. The fourth-order valence-corrected chi connectivity index (χ4v) is 3.27. The molecule has 3 rings (SSSR count). The summed E-state index contributed by atoms with van der Waals surface area (Å²) in [5, 5.41) is 9.85. The molecule has 80 valence electrons. The Kier molecular flexibility index (Phi) is 1.84. The number of fused-ring (bicyclic) bond motifs is 3. The van der Waals surface area contributed by atoms with Gasteiger partial charge < -0.3 is 9.84 Å². The summed E-state index contributed by atoms with van der Waals surface area (Å²) < 4.78 is 5.25. The molecule has 1 fully saturated rings. The van der Waals surface area contributed by atoms with Gasteiger partial charge in [-0.25, -0.2) is 0 Å². The van der Waals surface area contributed by atoms with Gasteiger partial charge in [0.15, 0.2) is 0 Å². The molecule has 1 saturated carbocycles. The SMILES string of the molecule is COc1ccc2c(c1)C1C(C)C(O)C1C2. The molecule has 0 heterocycles. The summed E-state index contributed by atoms with van der Waals surface area (Å²) in [5.41, 5.74) is 2.80. The summed E-state index contributed by atoms with van der Waals surface area (Å²) in [7, 11) is 1.70. The van der Waals surface area contributed by atoms with E-state index < -0.39 is 0 Å². The molecule has 1 aromatic rings. The lowest BCUT2D eigenvalue weighted by molar-refractivity contribution is -0.0474. The predicted molar refractivity (Wildman–Crippen MR) is 58.1 cm³/mol. The summed E-state index contributed by atoms with van der Waals surface area (Å²) in [6.45, 7) is 2.14. The Labute approximate surface area is 89.9 Å². The van der Waals surface area contributed by atoms with Crippen LogP contribution < -0.4 is 4.74 Å². The van der Waals surface area contributed by atoms with E-state index in [2.05, 4.69) is 19.1 Å². The van der Waals surface area contributed by atoms with Crippen molar-refractivity contribution in [2.45, 2.75) is 25.4 Å². The van der Waals surface area contributed by atoms with E-state index in [0.717, 1.165) is 12.2 Å². The Bertz CT molecular complexity index is 400. The largest absolute Gasteiger partial charge is 0.497 e. The monoisotopic (exact) mass is 204 g/mol. The van der Waals surface area contributed by atoms with Gasteiger partial charge in [0.25, 0.3) is 0 Å². The van der Waals surface area contributed by atoms with Crippen molar-refractivity contribution in [1.29, 1.82) is 0 Å². The number of methoxy groups -OCH3 is 1. The summed E-state index contributed by atoms with van der Waals surface area (Å²) >= 11 is 0. The van der Waals surface area contributed by atoms with Crippen LogP contribution >= 0.6 is 0 Å². The van der Waals surface area contributed by atoms with Gasteiger partial charge in [0.2, 0.25) is 0 Å². The van der Waals surface area contributed by atoms with Gasteiger partial charge in [0, 0.05) is 0 Å². The molecule has 1 aromatic carbocycles. The van der Waals surface area contributed by atoms with Crippen molar-refractivity contribution in [3.63, 3.8) is 0 Å². The molecule has 2 aliphatic carbocycles. The van der Waals surface area contributed by atoms with Crippen molar-refractivity contribution in [3.8, 4) is 5.75 Å². The van der Waals surface area contributed by atoms with Crippen LogP contribution in [0.2, 0.25) is 0 Å². The second-order valence-corrected chi connectivity index (χ2v) is 4.81. The topological polar surface area (TPSA) is 29.5 Å². The van der Waals surface area contributed by atoms with E-state index in [1.54, 1.807) is 7.11 Å². The zero-order chi connectivity index (χ0) is 10.6.